The van der Waals surface area contributed by atoms with Crippen LogP contribution in [0.15, 0.2) is 72.8 Å². The summed E-state index contributed by atoms with van der Waals surface area (Å²) in [5.41, 5.74) is -0.786. The zero-order valence-electron chi connectivity index (χ0n) is 16.7. The SMILES string of the molecule is CC(COc1ccc(O)cc1)COc1ccc(C(F)(F)F)cc1C(=O)c1ccccc1. The molecule has 0 aromatic heterocycles. The molecule has 0 aliphatic rings. The molecule has 0 aliphatic carbocycles. The summed E-state index contributed by atoms with van der Waals surface area (Å²) in [5.74, 6) is 0.115. The van der Waals surface area contributed by atoms with E-state index in [4.69, 9.17) is 9.47 Å². The number of alkyl halides is 3. The lowest BCUT2D eigenvalue weighted by atomic mass is 10.00. The molecule has 0 bridgehead atoms. The van der Waals surface area contributed by atoms with Gasteiger partial charge in [0, 0.05) is 11.5 Å². The molecule has 4 nitrogen and oxygen atoms in total. The molecule has 0 spiro atoms. The second kappa shape index (κ2) is 9.55. The number of ether oxygens (including phenoxy) is 2. The monoisotopic (exact) mass is 430 g/mol. The number of hydrogen-bond acceptors (Lipinski definition) is 4. The van der Waals surface area contributed by atoms with Crippen LogP contribution in [0.3, 0.4) is 0 Å². The highest BCUT2D eigenvalue weighted by molar-refractivity contribution is 6.10. The Labute approximate surface area is 177 Å². The largest absolute Gasteiger partial charge is 0.508 e. The minimum Gasteiger partial charge on any atom is -0.508 e. The minimum absolute atomic E-state index is 0.0818. The molecule has 7 heteroatoms. The first-order chi connectivity index (χ1) is 14.7. The van der Waals surface area contributed by atoms with E-state index < -0.39 is 17.5 Å². The number of aromatic hydroxyl groups is 1. The summed E-state index contributed by atoms with van der Waals surface area (Å²) in [6.45, 7) is 2.27. The first kappa shape index (κ1) is 22.2. The van der Waals surface area contributed by atoms with Gasteiger partial charge in [0.15, 0.2) is 5.78 Å². The van der Waals surface area contributed by atoms with Crippen LogP contribution in [0, 0.1) is 5.92 Å². The molecule has 1 unspecified atom stereocenters. The van der Waals surface area contributed by atoms with Crippen molar-refractivity contribution >= 4 is 5.78 Å². The van der Waals surface area contributed by atoms with Crippen LogP contribution in [0.1, 0.15) is 28.4 Å². The van der Waals surface area contributed by atoms with Crippen molar-refractivity contribution in [3.8, 4) is 17.2 Å². The van der Waals surface area contributed by atoms with Gasteiger partial charge in [-0.3, -0.25) is 4.79 Å². The maximum atomic E-state index is 13.2. The number of phenolic OH excluding ortho intramolecular Hbond substituents is 1. The van der Waals surface area contributed by atoms with Crippen molar-refractivity contribution in [2.24, 2.45) is 5.92 Å². The van der Waals surface area contributed by atoms with Gasteiger partial charge in [-0.1, -0.05) is 37.3 Å². The molecule has 3 aromatic rings. The van der Waals surface area contributed by atoms with Gasteiger partial charge in [-0.2, -0.15) is 13.2 Å². The van der Waals surface area contributed by atoms with E-state index in [0.29, 0.717) is 5.75 Å². The van der Waals surface area contributed by atoms with Gasteiger partial charge in [-0.15, -0.1) is 0 Å². The van der Waals surface area contributed by atoms with Gasteiger partial charge in [0.1, 0.15) is 17.2 Å². The van der Waals surface area contributed by atoms with Gasteiger partial charge in [-0.25, -0.2) is 0 Å². The molecule has 0 aliphatic heterocycles. The molecule has 0 radical (unpaired) electrons. The Hall–Kier alpha value is -3.48. The lowest BCUT2D eigenvalue weighted by molar-refractivity contribution is -0.137. The molecule has 0 amide bonds. The van der Waals surface area contributed by atoms with Gasteiger partial charge in [0.25, 0.3) is 0 Å². The van der Waals surface area contributed by atoms with E-state index in [0.717, 1.165) is 12.1 Å². The summed E-state index contributed by atoms with van der Waals surface area (Å²) in [6.07, 6.45) is -4.57. The third-order valence-corrected chi connectivity index (χ3v) is 4.48. The fourth-order valence-corrected chi connectivity index (χ4v) is 2.82. The number of phenols is 1. The fourth-order valence-electron chi connectivity index (χ4n) is 2.82. The van der Waals surface area contributed by atoms with E-state index >= 15 is 0 Å². The maximum absolute atomic E-state index is 13.2. The predicted molar refractivity (Wildman–Crippen MR) is 110 cm³/mol. The molecule has 31 heavy (non-hydrogen) atoms. The normalized spacial score (nSPS) is 12.3. The number of ketones is 1. The standard InChI is InChI=1S/C24H21F3O4/c1-16(14-30-20-10-8-19(28)9-11-20)15-31-22-12-7-18(24(25,26)27)13-21(22)23(29)17-5-3-2-4-6-17/h2-13,16,28H,14-15H2,1H3. The Kier molecular flexibility index (Phi) is 6.84. The van der Waals surface area contributed by atoms with Crippen molar-refractivity contribution < 1.29 is 32.5 Å². The maximum Gasteiger partial charge on any atom is 0.416 e. The topological polar surface area (TPSA) is 55.8 Å². The third-order valence-electron chi connectivity index (χ3n) is 4.48. The highest BCUT2D eigenvalue weighted by Gasteiger charge is 2.32. The van der Waals surface area contributed by atoms with Crippen LogP contribution in [0.4, 0.5) is 13.2 Å². The van der Waals surface area contributed by atoms with Gasteiger partial charge < -0.3 is 14.6 Å². The molecule has 0 saturated heterocycles. The Bertz CT molecular complexity index is 1020. The van der Waals surface area contributed by atoms with Gasteiger partial charge in [0.05, 0.1) is 24.3 Å². The first-order valence-electron chi connectivity index (χ1n) is 9.59. The van der Waals surface area contributed by atoms with E-state index in [9.17, 15) is 23.1 Å². The average molecular weight is 430 g/mol. The van der Waals surface area contributed by atoms with E-state index in [1.807, 2.05) is 6.92 Å². The summed E-state index contributed by atoms with van der Waals surface area (Å²) in [7, 11) is 0. The van der Waals surface area contributed by atoms with Gasteiger partial charge >= 0.3 is 6.18 Å². The summed E-state index contributed by atoms with van der Waals surface area (Å²) < 4.78 is 50.9. The number of carbonyl (C=O) groups excluding carboxylic acids is 1. The van der Waals surface area contributed by atoms with Gasteiger partial charge in [0.2, 0.25) is 0 Å². The lowest BCUT2D eigenvalue weighted by Gasteiger charge is -2.17. The highest BCUT2D eigenvalue weighted by Crippen LogP contribution is 2.33. The average Bonchev–Trinajstić information content (AvgIpc) is 2.76. The van der Waals surface area contributed by atoms with Crippen molar-refractivity contribution in [2.45, 2.75) is 13.1 Å². The molecule has 3 rings (SSSR count). The van der Waals surface area contributed by atoms with Crippen LogP contribution in [0.2, 0.25) is 0 Å². The summed E-state index contributed by atoms with van der Waals surface area (Å²) in [5, 5.41) is 9.29. The van der Waals surface area contributed by atoms with Crippen molar-refractivity contribution in [2.75, 3.05) is 13.2 Å². The van der Waals surface area contributed by atoms with E-state index in [1.165, 1.54) is 18.2 Å². The van der Waals surface area contributed by atoms with Crippen LogP contribution in [-0.4, -0.2) is 24.1 Å². The molecule has 0 fully saturated rings. The number of hydrogen-bond donors (Lipinski definition) is 1. The Morgan fingerprint density at radius 3 is 2.23 bits per heavy atom. The molecular formula is C24H21F3O4. The van der Waals surface area contributed by atoms with Crippen LogP contribution in [0.5, 0.6) is 17.2 Å². The molecule has 162 valence electrons. The van der Waals surface area contributed by atoms with Crippen molar-refractivity contribution in [1.29, 1.82) is 0 Å². The minimum atomic E-state index is -4.57. The van der Waals surface area contributed by atoms with Crippen LogP contribution < -0.4 is 9.47 Å². The summed E-state index contributed by atoms with van der Waals surface area (Å²) in [4.78, 5) is 12.8. The third kappa shape index (κ3) is 6.01. The zero-order chi connectivity index (χ0) is 22.4. The van der Waals surface area contributed by atoms with Gasteiger partial charge in [-0.05, 0) is 42.5 Å². The number of halogens is 3. The van der Waals surface area contributed by atoms with E-state index in [1.54, 1.807) is 42.5 Å². The van der Waals surface area contributed by atoms with E-state index in [-0.39, 0.29) is 41.8 Å². The van der Waals surface area contributed by atoms with E-state index in [2.05, 4.69) is 0 Å². The van der Waals surface area contributed by atoms with Crippen LogP contribution in [0.25, 0.3) is 0 Å². The van der Waals surface area contributed by atoms with Crippen LogP contribution >= 0.6 is 0 Å². The Morgan fingerprint density at radius 2 is 1.58 bits per heavy atom. The number of carbonyl (C=O) groups is 1. The summed E-state index contributed by atoms with van der Waals surface area (Å²) in [6, 6.07) is 17.2. The second-order valence-corrected chi connectivity index (χ2v) is 7.12. The molecule has 0 heterocycles. The quantitative estimate of drug-likeness (QED) is 0.464. The van der Waals surface area contributed by atoms with Crippen LogP contribution in [-0.2, 0) is 6.18 Å². The molecule has 1 N–H and O–H groups in total. The van der Waals surface area contributed by atoms with Crippen molar-refractivity contribution in [3.05, 3.63) is 89.5 Å². The van der Waals surface area contributed by atoms with Crippen molar-refractivity contribution in [1.82, 2.24) is 0 Å². The second-order valence-electron chi connectivity index (χ2n) is 7.12. The number of rotatable bonds is 8. The smallest absolute Gasteiger partial charge is 0.416 e. The number of benzene rings is 3. The predicted octanol–water partition coefficient (Wildman–Crippen LogP) is 5.74. The Balaban J connectivity index is 1.73. The highest BCUT2D eigenvalue weighted by atomic mass is 19.4. The van der Waals surface area contributed by atoms with Crippen molar-refractivity contribution in [3.63, 3.8) is 0 Å². The molecule has 1 atom stereocenters. The first-order valence-corrected chi connectivity index (χ1v) is 9.59. The summed E-state index contributed by atoms with van der Waals surface area (Å²) >= 11 is 0. The fraction of sp³-hybridized carbons (Fsp3) is 0.208. The zero-order valence-corrected chi connectivity index (χ0v) is 16.7. The lowest BCUT2D eigenvalue weighted by Crippen LogP contribution is -2.18. The Morgan fingerprint density at radius 1 is 0.935 bits per heavy atom. The molecule has 0 saturated carbocycles. The molecular weight excluding hydrogens is 409 g/mol. The molecule has 3 aromatic carbocycles.